The van der Waals surface area contributed by atoms with Gasteiger partial charge in [-0.2, -0.15) is 12.6 Å². The van der Waals surface area contributed by atoms with Gasteiger partial charge in [0.2, 0.25) is 17.7 Å². The normalized spacial score (nSPS) is 15.1. The first-order valence-corrected chi connectivity index (χ1v) is 14.2. The second-order valence-corrected chi connectivity index (χ2v) is 11.1. The van der Waals surface area contributed by atoms with Crippen LogP contribution in [-0.4, -0.2) is 38.4 Å². The molecule has 1 saturated carbocycles. The third-order valence-corrected chi connectivity index (χ3v) is 8.27. The van der Waals surface area contributed by atoms with Crippen LogP contribution in [0, 0.1) is 11.8 Å². The maximum atomic E-state index is 12.6. The average Bonchev–Trinajstić information content (AvgIpc) is 2.87. The Kier molecular flexibility index (Phi) is 9.95. The van der Waals surface area contributed by atoms with Gasteiger partial charge in [0.05, 0.1) is 11.4 Å². The number of hydrogen-bond donors (Lipinski definition) is 4. The summed E-state index contributed by atoms with van der Waals surface area (Å²) in [7, 11) is -3.99. The zero-order valence-electron chi connectivity index (χ0n) is 20.3. The van der Waals surface area contributed by atoms with Gasteiger partial charge in [0.25, 0.3) is 10.0 Å². The van der Waals surface area contributed by atoms with Gasteiger partial charge in [-0.1, -0.05) is 61.7 Å². The number of thiol groups is 1. The van der Waals surface area contributed by atoms with E-state index in [9.17, 15) is 22.8 Å². The van der Waals surface area contributed by atoms with Crippen molar-refractivity contribution >= 4 is 40.4 Å². The van der Waals surface area contributed by atoms with E-state index >= 15 is 0 Å². The minimum atomic E-state index is -3.99. The second-order valence-electron chi connectivity index (χ2n) is 9.04. The van der Waals surface area contributed by atoms with E-state index in [2.05, 4.69) is 23.3 Å². The van der Waals surface area contributed by atoms with Crippen molar-refractivity contribution in [1.82, 2.24) is 15.4 Å². The molecule has 3 amide bonds. The third-order valence-electron chi connectivity index (χ3n) is 6.38. The molecule has 3 N–H and O–H groups in total. The summed E-state index contributed by atoms with van der Waals surface area (Å²) in [5, 5.41) is 5.54. The van der Waals surface area contributed by atoms with Crippen molar-refractivity contribution < 1.29 is 22.8 Å². The van der Waals surface area contributed by atoms with Crippen LogP contribution in [0.5, 0.6) is 0 Å². The molecule has 10 heteroatoms. The van der Waals surface area contributed by atoms with Crippen LogP contribution < -0.4 is 15.4 Å². The fourth-order valence-corrected chi connectivity index (χ4v) is 6.22. The fourth-order valence-electron chi connectivity index (χ4n) is 4.53. The molecule has 1 aliphatic rings. The molecule has 1 atom stereocenters. The Balaban J connectivity index is 1.55. The number of benzene rings is 2. The van der Waals surface area contributed by atoms with E-state index in [0.29, 0.717) is 22.8 Å². The Morgan fingerprint density at radius 2 is 1.64 bits per heavy atom. The molecule has 0 aromatic heterocycles. The molecule has 0 spiro atoms. The molecule has 0 radical (unpaired) electrons. The molecule has 0 heterocycles. The van der Waals surface area contributed by atoms with E-state index in [1.807, 2.05) is 4.72 Å². The molecular formula is C26H33N3O5S2. The molecule has 2 aromatic carbocycles. The quantitative estimate of drug-likeness (QED) is 0.351. The molecule has 194 valence electrons. The summed E-state index contributed by atoms with van der Waals surface area (Å²) in [4.78, 5) is 36.2. The Labute approximate surface area is 218 Å². The summed E-state index contributed by atoms with van der Waals surface area (Å²) in [6, 6.07) is 13.5. The zero-order chi connectivity index (χ0) is 26.1. The van der Waals surface area contributed by atoms with Gasteiger partial charge < -0.3 is 10.6 Å². The van der Waals surface area contributed by atoms with Gasteiger partial charge >= 0.3 is 0 Å². The van der Waals surface area contributed by atoms with E-state index in [4.69, 9.17) is 0 Å². The van der Waals surface area contributed by atoms with Gasteiger partial charge in [0.15, 0.2) is 0 Å². The van der Waals surface area contributed by atoms with Crippen LogP contribution in [0.3, 0.4) is 0 Å². The van der Waals surface area contributed by atoms with Crippen molar-refractivity contribution in [3.05, 3.63) is 54.1 Å². The topological polar surface area (TPSA) is 121 Å². The minimum Gasteiger partial charge on any atom is -0.350 e. The lowest BCUT2D eigenvalue weighted by molar-refractivity contribution is -0.129. The van der Waals surface area contributed by atoms with Crippen LogP contribution in [0.15, 0.2) is 53.4 Å². The van der Waals surface area contributed by atoms with Gasteiger partial charge in [0.1, 0.15) is 0 Å². The van der Waals surface area contributed by atoms with Crippen molar-refractivity contribution in [1.29, 1.82) is 0 Å². The highest BCUT2D eigenvalue weighted by Crippen LogP contribution is 2.31. The van der Waals surface area contributed by atoms with Crippen LogP contribution in [0.25, 0.3) is 11.1 Å². The maximum Gasteiger partial charge on any atom is 0.264 e. The molecule has 8 nitrogen and oxygen atoms in total. The van der Waals surface area contributed by atoms with Crippen LogP contribution in [0.2, 0.25) is 0 Å². The summed E-state index contributed by atoms with van der Waals surface area (Å²) < 4.78 is 27.0. The van der Waals surface area contributed by atoms with E-state index < -0.39 is 15.9 Å². The van der Waals surface area contributed by atoms with Crippen molar-refractivity contribution in [3.8, 4) is 11.1 Å². The standard InChI is InChI=1S/C26H33N3O5S2/c1-18(30)29-36(33,34)24-10-6-5-9-22(24)21-13-11-19(12-14-21)15-27-25(31)16-28-26(32)23(17-35)20-7-3-2-4-8-20/h5-6,9-14,20,23,35H,2-4,7-8,15-17H2,1H3,(H,27,31)(H,28,32)(H,29,30)/t23-/m0/s1. The zero-order valence-corrected chi connectivity index (χ0v) is 22.0. The van der Waals surface area contributed by atoms with Gasteiger partial charge in [-0.3, -0.25) is 14.4 Å². The molecule has 2 aromatic rings. The highest BCUT2D eigenvalue weighted by atomic mass is 32.2. The second kappa shape index (κ2) is 12.9. The number of rotatable bonds is 10. The summed E-state index contributed by atoms with van der Waals surface area (Å²) in [5.41, 5.74) is 1.93. The first-order chi connectivity index (χ1) is 17.2. The smallest absolute Gasteiger partial charge is 0.264 e. The fraction of sp³-hybridized carbons (Fsp3) is 0.423. The van der Waals surface area contributed by atoms with E-state index in [-0.39, 0.29) is 35.7 Å². The summed E-state index contributed by atoms with van der Waals surface area (Å²) in [5.74, 6) is -0.450. The maximum absolute atomic E-state index is 12.6. The predicted octanol–water partition coefficient (Wildman–Crippen LogP) is 3.04. The lowest BCUT2D eigenvalue weighted by atomic mass is 9.80. The highest BCUT2D eigenvalue weighted by Gasteiger charge is 2.28. The van der Waals surface area contributed by atoms with E-state index in [0.717, 1.165) is 38.2 Å². The molecule has 0 unspecified atom stereocenters. The van der Waals surface area contributed by atoms with Crippen LogP contribution in [0.4, 0.5) is 0 Å². The Bertz CT molecular complexity index is 1180. The summed E-state index contributed by atoms with van der Waals surface area (Å²) >= 11 is 4.36. The van der Waals surface area contributed by atoms with Crippen molar-refractivity contribution in [2.45, 2.75) is 50.5 Å². The highest BCUT2D eigenvalue weighted by molar-refractivity contribution is 7.90. The Morgan fingerprint density at radius 3 is 2.28 bits per heavy atom. The lowest BCUT2D eigenvalue weighted by Gasteiger charge is -2.28. The number of carbonyl (C=O) groups is 3. The first-order valence-electron chi connectivity index (χ1n) is 12.1. The van der Waals surface area contributed by atoms with E-state index in [1.165, 1.54) is 12.5 Å². The Hall–Kier alpha value is -2.85. The molecule has 0 aliphatic heterocycles. The average molecular weight is 532 g/mol. The molecule has 0 saturated heterocycles. The number of amides is 3. The minimum absolute atomic E-state index is 0.00439. The molecular weight excluding hydrogens is 498 g/mol. The van der Waals surface area contributed by atoms with Gasteiger partial charge in [-0.05, 0) is 36.0 Å². The molecule has 1 fully saturated rings. The monoisotopic (exact) mass is 531 g/mol. The number of nitrogens with one attached hydrogen (secondary N) is 3. The van der Waals surface area contributed by atoms with Gasteiger partial charge in [0, 0.05) is 30.7 Å². The third kappa shape index (κ3) is 7.57. The van der Waals surface area contributed by atoms with Crippen molar-refractivity contribution in [2.75, 3.05) is 12.3 Å². The largest absolute Gasteiger partial charge is 0.350 e. The van der Waals surface area contributed by atoms with Crippen molar-refractivity contribution in [2.24, 2.45) is 11.8 Å². The number of sulfonamides is 1. The SMILES string of the molecule is CC(=O)NS(=O)(=O)c1ccccc1-c1ccc(CNC(=O)CNC(=O)[C@@H](CS)C2CCCCC2)cc1. The molecule has 3 rings (SSSR count). The summed E-state index contributed by atoms with van der Waals surface area (Å²) in [6.07, 6.45) is 5.55. The van der Waals surface area contributed by atoms with E-state index in [1.54, 1.807) is 42.5 Å². The number of carbonyl (C=O) groups excluding carboxylic acids is 3. The lowest BCUT2D eigenvalue weighted by Crippen LogP contribution is -2.42. The summed E-state index contributed by atoms with van der Waals surface area (Å²) in [6.45, 7) is 1.31. The van der Waals surface area contributed by atoms with Gasteiger partial charge in [-0.15, -0.1) is 0 Å². The Morgan fingerprint density at radius 1 is 0.972 bits per heavy atom. The predicted molar refractivity (Wildman–Crippen MR) is 142 cm³/mol. The van der Waals surface area contributed by atoms with Gasteiger partial charge in [-0.25, -0.2) is 13.1 Å². The van der Waals surface area contributed by atoms with Crippen molar-refractivity contribution in [3.63, 3.8) is 0 Å². The number of hydrogen-bond acceptors (Lipinski definition) is 6. The van der Waals surface area contributed by atoms with Crippen LogP contribution >= 0.6 is 12.6 Å². The first kappa shape index (κ1) is 27.7. The van der Waals surface area contributed by atoms with Crippen LogP contribution in [-0.2, 0) is 31.0 Å². The molecule has 1 aliphatic carbocycles. The molecule has 36 heavy (non-hydrogen) atoms. The molecule has 0 bridgehead atoms. The van der Waals surface area contributed by atoms with Crippen LogP contribution in [0.1, 0.15) is 44.6 Å².